The number of esters is 1. The molecule has 6 heteroatoms. The highest BCUT2D eigenvalue weighted by atomic mass is 16.6. The zero-order chi connectivity index (χ0) is 26.1. The molecular formula is C29H40O6. The van der Waals surface area contributed by atoms with Crippen LogP contribution < -0.4 is 0 Å². The first-order valence-electron chi connectivity index (χ1n) is 12.8. The number of carbonyl (C=O) groups is 3. The molecule has 4 aliphatic carbocycles. The van der Waals surface area contributed by atoms with Gasteiger partial charge < -0.3 is 14.9 Å². The first-order chi connectivity index (χ1) is 16.2. The Hall–Kier alpha value is -2.05. The van der Waals surface area contributed by atoms with Crippen LogP contribution in [0.2, 0.25) is 0 Å². The molecule has 2 fully saturated rings. The topological polar surface area (TPSA) is 101 Å². The van der Waals surface area contributed by atoms with Gasteiger partial charge in [0, 0.05) is 40.9 Å². The van der Waals surface area contributed by atoms with Crippen LogP contribution >= 0.6 is 0 Å². The molecule has 0 bridgehead atoms. The molecule has 0 radical (unpaired) electrons. The second-order valence-electron chi connectivity index (χ2n) is 12.4. The summed E-state index contributed by atoms with van der Waals surface area (Å²) < 4.78 is 5.92. The number of hydrogen-bond acceptors (Lipinski definition) is 6. The maximum Gasteiger partial charge on any atom is 0.303 e. The second kappa shape index (κ2) is 8.24. The molecular weight excluding hydrogens is 444 g/mol. The van der Waals surface area contributed by atoms with Gasteiger partial charge in [-0.1, -0.05) is 52.8 Å². The third-order valence-corrected chi connectivity index (χ3v) is 10.2. The van der Waals surface area contributed by atoms with Crippen molar-refractivity contribution in [2.45, 2.75) is 73.5 Å². The van der Waals surface area contributed by atoms with Crippen molar-refractivity contribution in [3.8, 4) is 0 Å². The minimum Gasteiger partial charge on any atom is -0.459 e. The predicted molar refractivity (Wildman–Crippen MR) is 132 cm³/mol. The van der Waals surface area contributed by atoms with Crippen LogP contribution in [0.5, 0.6) is 0 Å². The third kappa shape index (κ3) is 3.32. The lowest BCUT2D eigenvalue weighted by Gasteiger charge is -2.67. The highest BCUT2D eigenvalue weighted by Crippen LogP contribution is 2.72. The van der Waals surface area contributed by atoms with Crippen LogP contribution in [0.15, 0.2) is 36.0 Å². The van der Waals surface area contributed by atoms with Crippen molar-refractivity contribution in [2.75, 3.05) is 6.61 Å². The van der Waals surface area contributed by atoms with Crippen molar-refractivity contribution < 1.29 is 29.3 Å². The standard InChI is InChI=1S/C29H40O6/c1-8-9-17(15-30)22-18(32)14-20-27(22,5)12-10-19-28(6)13-11-21(33)26(3,4)24(28)23(34)25(29(19,20)7)35-16(2)31/h8-9,11,13-14,17,19,22-25,30,34H,10,12,15H2,1-7H3. The normalized spacial score (nSPS) is 44.9. The lowest BCUT2D eigenvalue weighted by atomic mass is 9.37. The Morgan fingerprint density at radius 1 is 1.23 bits per heavy atom. The number of hydrogen-bond donors (Lipinski definition) is 2. The Kier molecular flexibility index (Phi) is 6.13. The molecule has 9 unspecified atom stereocenters. The molecule has 0 aliphatic heterocycles. The maximum absolute atomic E-state index is 13.5. The Morgan fingerprint density at radius 2 is 1.89 bits per heavy atom. The van der Waals surface area contributed by atoms with Gasteiger partial charge in [0.15, 0.2) is 11.6 Å². The maximum atomic E-state index is 13.5. The average molecular weight is 485 g/mol. The summed E-state index contributed by atoms with van der Waals surface area (Å²) in [5, 5.41) is 22.0. The second-order valence-corrected chi connectivity index (χ2v) is 12.4. The molecule has 35 heavy (non-hydrogen) atoms. The summed E-state index contributed by atoms with van der Waals surface area (Å²) >= 11 is 0. The van der Waals surface area contributed by atoms with Crippen molar-refractivity contribution in [2.24, 2.45) is 45.3 Å². The van der Waals surface area contributed by atoms with Gasteiger partial charge in [-0.05, 0) is 48.8 Å². The summed E-state index contributed by atoms with van der Waals surface area (Å²) in [6, 6.07) is 0. The smallest absolute Gasteiger partial charge is 0.303 e. The fourth-order valence-corrected chi connectivity index (χ4v) is 8.92. The minimum absolute atomic E-state index is 0.0282. The van der Waals surface area contributed by atoms with E-state index < -0.39 is 51.7 Å². The summed E-state index contributed by atoms with van der Waals surface area (Å²) in [5.74, 6) is -1.81. The molecule has 192 valence electrons. The largest absolute Gasteiger partial charge is 0.459 e. The molecule has 2 N–H and O–H groups in total. The summed E-state index contributed by atoms with van der Waals surface area (Å²) in [4.78, 5) is 38.8. The Balaban J connectivity index is 1.93. The van der Waals surface area contributed by atoms with E-state index >= 15 is 0 Å². The molecule has 9 atom stereocenters. The van der Waals surface area contributed by atoms with E-state index in [-0.39, 0.29) is 30.0 Å². The van der Waals surface area contributed by atoms with Crippen LogP contribution in [-0.4, -0.2) is 46.6 Å². The molecule has 0 aromatic heterocycles. The zero-order valence-electron chi connectivity index (χ0n) is 22.0. The molecule has 6 nitrogen and oxygen atoms in total. The number of aliphatic hydroxyl groups is 2. The molecule has 0 heterocycles. The molecule has 0 aromatic rings. The highest BCUT2D eigenvalue weighted by molar-refractivity contribution is 5.98. The van der Waals surface area contributed by atoms with Gasteiger partial charge in [-0.3, -0.25) is 14.4 Å². The van der Waals surface area contributed by atoms with E-state index in [0.717, 1.165) is 18.4 Å². The van der Waals surface area contributed by atoms with Gasteiger partial charge in [-0.25, -0.2) is 0 Å². The lowest BCUT2D eigenvalue weighted by Crippen LogP contribution is -2.70. The van der Waals surface area contributed by atoms with Crippen LogP contribution in [0.3, 0.4) is 0 Å². The lowest BCUT2D eigenvalue weighted by molar-refractivity contribution is -0.229. The molecule has 2 saturated carbocycles. The van der Waals surface area contributed by atoms with Gasteiger partial charge in [-0.2, -0.15) is 0 Å². The van der Waals surface area contributed by atoms with E-state index in [1.165, 1.54) is 6.92 Å². The quantitative estimate of drug-likeness (QED) is 0.465. The van der Waals surface area contributed by atoms with Gasteiger partial charge in [-0.15, -0.1) is 0 Å². The van der Waals surface area contributed by atoms with E-state index in [4.69, 9.17) is 4.74 Å². The van der Waals surface area contributed by atoms with Gasteiger partial charge >= 0.3 is 5.97 Å². The minimum atomic E-state index is -1.09. The van der Waals surface area contributed by atoms with Gasteiger partial charge in [0.05, 0.1) is 12.7 Å². The molecule has 0 spiro atoms. The summed E-state index contributed by atoms with van der Waals surface area (Å²) in [6.07, 6.45) is 8.57. The Labute approximate surface area is 208 Å². The van der Waals surface area contributed by atoms with Crippen LogP contribution in [0.1, 0.15) is 61.3 Å². The number of fused-ring (bicyclic) bond motifs is 5. The van der Waals surface area contributed by atoms with Crippen LogP contribution in [0.25, 0.3) is 0 Å². The van der Waals surface area contributed by atoms with Gasteiger partial charge in [0.1, 0.15) is 6.10 Å². The number of ketones is 2. The summed E-state index contributed by atoms with van der Waals surface area (Å²) in [7, 11) is 0. The number of carbonyl (C=O) groups excluding carboxylic acids is 3. The highest BCUT2D eigenvalue weighted by Gasteiger charge is 2.72. The number of rotatable bonds is 4. The van der Waals surface area contributed by atoms with Crippen LogP contribution in [0.4, 0.5) is 0 Å². The van der Waals surface area contributed by atoms with Crippen molar-refractivity contribution in [3.05, 3.63) is 36.0 Å². The van der Waals surface area contributed by atoms with E-state index in [9.17, 15) is 24.6 Å². The Morgan fingerprint density at radius 3 is 2.46 bits per heavy atom. The van der Waals surface area contributed by atoms with Crippen molar-refractivity contribution >= 4 is 17.5 Å². The monoisotopic (exact) mass is 484 g/mol. The number of allylic oxidation sites excluding steroid dienone is 4. The summed E-state index contributed by atoms with van der Waals surface area (Å²) in [6.45, 7) is 13.0. The van der Waals surface area contributed by atoms with Crippen molar-refractivity contribution in [1.29, 1.82) is 0 Å². The summed E-state index contributed by atoms with van der Waals surface area (Å²) in [5.41, 5.74) is -1.83. The molecule has 0 amide bonds. The zero-order valence-corrected chi connectivity index (χ0v) is 22.0. The first kappa shape index (κ1) is 26.0. The van der Waals surface area contributed by atoms with E-state index in [2.05, 4.69) is 13.8 Å². The van der Waals surface area contributed by atoms with Crippen molar-refractivity contribution in [1.82, 2.24) is 0 Å². The molecule has 4 aliphatic rings. The fourth-order valence-electron chi connectivity index (χ4n) is 8.92. The SMILES string of the molecule is CC=CC(CO)C1C(=O)C=C2C1(C)CCC1C3(C)C=CC(=O)C(C)(C)C3C(O)C(OC(C)=O)C21C. The van der Waals surface area contributed by atoms with E-state index in [0.29, 0.717) is 0 Å². The van der Waals surface area contributed by atoms with Gasteiger partial charge in [0.2, 0.25) is 0 Å². The number of aliphatic hydroxyl groups excluding tert-OH is 2. The third-order valence-electron chi connectivity index (χ3n) is 10.2. The number of ether oxygens (including phenoxy) is 1. The van der Waals surface area contributed by atoms with E-state index in [1.54, 1.807) is 12.2 Å². The Bertz CT molecular complexity index is 1040. The fraction of sp³-hybridized carbons (Fsp3) is 0.690. The van der Waals surface area contributed by atoms with Gasteiger partial charge in [0.25, 0.3) is 0 Å². The van der Waals surface area contributed by atoms with E-state index in [1.807, 2.05) is 45.9 Å². The van der Waals surface area contributed by atoms with Crippen molar-refractivity contribution in [3.63, 3.8) is 0 Å². The molecule has 4 rings (SSSR count). The van der Waals surface area contributed by atoms with Crippen LogP contribution in [0, 0.1) is 45.3 Å². The van der Waals surface area contributed by atoms with Crippen LogP contribution in [-0.2, 0) is 19.1 Å². The first-order valence-corrected chi connectivity index (χ1v) is 12.8. The molecule has 0 saturated heterocycles. The average Bonchev–Trinajstić information content (AvgIpc) is 3.03. The molecule has 0 aromatic carbocycles. The predicted octanol–water partition coefficient (Wildman–Crippen LogP) is 3.81.